The molecule has 0 unspecified atom stereocenters. The molecule has 5 amide bonds. The van der Waals surface area contributed by atoms with E-state index in [0.29, 0.717) is 33.5 Å². The van der Waals surface area contributed by atoms with Gasteiger partial charge in [0.15, 0.2) is 0 Å². The maximum absolute atomic E-state index is 15.1. The molecule has 17 heteroatoms. The van der Waals surface area contributed by atoms with Crippen LogP contribution in [0.4, 0.5) is 0 Å². The van der Waals surface area contributed by atoms with Crippen LogP contribution in [-0.4, -0.2) is 130 Å². The molecule has 73 heavy (non-hydrogen) atoms. The van der Waals surface area contributed by atoms with Gasteiger partial charge in [-0.1, -0.05) is 71.7 Å². The molecule has 2 saturated heterocycles. The first-order chi connectivity index (χ1) is 35.0. The Labute approximate surface area is 439 Å². The largest absolute Gasteiger partial charge is 0.457 e. The lowest BCUT2D eigenvalue weighted by Gasteiger charge is -2.35. The first kappa shape index (κ1) is 54.5. The molecule has 5 aromatic rings. The van der Waals surface area contributed by atoms with Crippen LogP contribution in [-0.2, 0) is 61.7 Å². The molecule has 2 N–H and O–H groups in total. The summed E-state index contributed by atoms with van der Waals surface area (Å²) < 4.78 is 14.2. The number of rotatable bonds is 13. The molecule has 0 saturated carbocycles. The lowest BCUT2D eigenvalue weighted by atomic mass is 9.93. The summed E-state index contributed by atoms with van der Waals surface area (Å²) in [5.41, 5.74) is 5.19. The molecule has 2 aliphatic rings. The van der Waals surface area contributed by atoms with E-state index in [1.807, 2.05) is 87.8 Å². The molecule has 0 spiro atoms. The zero-order valence-corrected chi connectivity index (χ0v) is 44.4. The minimum atomic E-state index is -1.19. The topological polar surface area (TPSA) is 159 Å². The summed E-state index contributed by atoms with van der Waals surface area (Å²) >= 11 is 12.8. The number of amides is 5. The zero-order chi connectivity index (χ0) is 52.3. The van der Waals surface area contributed by atoms with E-state index >= 15 is 4.79 Å². The highest BCUT2D eigenvalue weighted by Gasteiger charge is 2.36. The van der Waals surface area contributed by atoms with Gasteiger partial charge in [0.2, 0.25) is 29.5 Å². The Balaban J connectivity index is 1.22. The highest BCUT2D eigenvalue weighted by Crippen LogP contribution is 2.34. The Kier molecular flexibility index (Phi) is 18.8. The molecule has 15 nitrogen and oxygen atoms in total. The van der Waals surface area contributed by atoms with Gasteiger partial charge in [0, 0.05) is 80.9 Å². The van der Waals surface area contributed by atoms with Gasteiger partial charge in [-0.05, 0) is 119 Å². The van der Waals surface area contributed by atoms with E-state index in [9.17, 15) is 19.2 Å². The van der Waals surface area contributed by atoms with Gasteiger partial charge in [0.05, 0.1) is 37.5 Å². The first-order valence-corrected chi connectivity index (χ1v) is 25.7. The van der Waals surface area contributed by atoms with Gasteiger partial charge in [0.25, 0.3) is 0 Å². The summed E-state index contributed by atoms with van der Waals surface area (Å²) in [7, 11) is 6.71. The molecule has 0 aliphatic carbocycles. The Morgan fingerprint density at radius 2 is 1.47 bits per heavy atom. The number of aromatic nitrogens is 2. The minimum absolute atomic E-state index is 0.0718. The van der Waals surface area contributed by atoms with Crippen LogP contribution in [0.5, 0.6) is 11.5 Å². The molecule has 0 bridgehead atoms. The van der Waals surface area contributed by atoms with E-state index in [0.717, 1.165) is 53.4 Å². The number of methoxy groups -OCH3 is 1. The Morgan fingerprint density at radius 3 is 2.16 bits per heavy atom. The number of carbonyl (C=O) groups excluding carboxylic acids is 5. The van der Waals surface area contributed by atoms with Crippen molar-refractivity contribution in [2.24, 2.45) is 13.0 Å². The molecule has 388 valence electrons. The molecular formula is C56H68Cl2N8O7. The molecule has 0 radical (unpaired) electrons. The number of likely N-dealkylation sites (N-methyl/N-ethyl adjacent to an activating group) is 2. The Bertz CT molecular complexity index is 2730. The number of aryl methyl sites for hydroxylation is 1. The van der Waals surface area contributed by atoms with Crippen LogP contribution in [0.2, 0.25) is 10.0 Å². The number of hydrogen-bond acceptors (Lipinski definition) is 9. The molecule has 5 atom stereocenters. The fourth-order valence-electron chi connectivity index (χ4n) is 9.58. The van der Waals surface area contributed by atoms with Crippen molar-refractivity contribution >= 4 is 52.7 Å². The summed E-state index contributed by atoms with van der Waals surface area (Å²) in [5.74, 6) is -1.20. The Hall–Kier alpha value is -6.26. The molecular weight excluding hydrogens is 968 g/mol. The van der Waals surface area contributed by atoms with E-state index < -0.39 is 47.8 Å². The second-order valence-electron chi connectivity index (χ2n) is 19.5. The molecule has 2 fully saturated rings. The van der Waals surface area contributed by atoms with E-state index in [4.69, 9.17) is 37.7 Å². The molecule has 7 rings (SSSR count). The third-order valence-corrected chi connectivity index (χ3v) is 14.7. The molecule has 2 aliphatic heterocycles. The number of nitrogens with zero attached hydrogens (tertiary/aromatic N) is 6. The van der Waals surface area contributed by atoms with Crippen LogP contribution in [0.3, 0.4) is 0 Å². The second-order valence-corrected chi connectivity index (χ2v) is 20.4. The van der Waals surface area contributed by atoms with Crippen molar-refractivity contribution in [3.63, 3.8) is 0 Å². The smallest absolute Gasteiger partial charge is 0.247 e. The zero-order valence-electron chi connectivity index (χ0n) is 42.9. The van der Waals surface area contributed by atoms with Crippen molar-refractivity contribution in [2.75, 3.05) is 47.4 Å². The van der Waals surface area contributed by atoms with Crippen LogP contribution in [0, 0.1) is 12.8 Å². The van der Waals surface area contributed by atoms with Crippen LogP contribution >= 0.6 is 23.2 Å². The third kappa shape index (κ3) is 14.1. The summed E-state index contributed by atoms with van der Waals surface area (Å²) in [6.07, 6.45) is 4.51. The summed E-state index contributed by atoms with van der Waals surface area (Å²) in [5, 5.41) is 6.78. The number of ether oxygens (including phenoxy) is 2. The van der Waals surface area contributed by atoms with Gasteiger partial charge in [-0.2, -0.15) is 0 Å². The van der Waals surface area contributed by atoms with Crippen LogP contribution in [0.25, 0.3) is 11.3 Å². The number of nitrogens with one attached hydrogen (secondary N) is 2. The van der Waals surface area contributed by atoms with Gasteiger partial charge < -0.3 is 39.4 Å². The number of carbonyl (C=O) groups is 5. The van der Waals surface area contributed by atoms with Crippen LogP contribution in [0.15, 0.2) is 97.2 Å². The molecule has 1 aromatic heterocycles. The summed E-state index contributed by atoms with van der Waals surface area (Å²) in [6, 6.07) is 24.0. The van der Waals surface area contributed by atoms with Crippen molar-refractivity contribution in [1.29, 1.82) is 0 Å². The number of imidazole rings is 1. The van der Waals surface area contributed by atoms with E-state index in [1.54, 1.807) is 56.3 Å². The predicted molar refractivity (Wildman–Crippen MR) is 283 cm³/mol. The average Bonchev–Trinajstić information content (AvgIpc) is 4.03. The Morgan fingerprint density at radius 1 is 0.767 bits per heavy atom. The lowest BCUT2D eigenvalue weighted by molar-refractivity contribution is -0.147. The van der Waals surface area contributed by atoms with Gasteiger partial charge >= 0.3 is 0 Å². The van der Waals surface area contributed by atoms with Crippen molar-refractivity contribution in [1.82, 2.24) is 39.8 Å². The first-order valence-electron chi connectivity index (χ1n) is 25.0. The number of hydrogen-bond donors (Lipinski definition) is 2. The highest BCUT2D eigenvalue weighted by molar-refractivity contribution is 6.31. The van der Waals surface area contributed by atoms with Crippen molar-refractivity contribution in [2.45, 2.75) is 96.6 Å². The normalized spacial score (nSPS) is 21.2. The second kappa shape index (κ2) is 25.1. The third-order valence-electron chi connectivity index (χ3n) is 14.2. The predicted octanol–water partition coefficient (Wildman–Crippen LogP) is 7.62. The SMILES string of the molecule is COC[C@@H]1NC(=O)[C@H](C)N(Cc2ccc(Cl)cc2Oc2ccc(-c3cnc(CN4CCCC4)n3C)c(C)c2)C(=O)C[C@@H](Cc2ccccc2)C(=O)N(C)[C@@H](C)CNC(=O)C[C@H](Cc2ccc(Cl)cc2)N(C)C1=O. The van der Waals surface area contributed by atoms with Crippen LogP contribution < -0.4 is 15.4 Å². The van der Waals surface area contributed by atoms with Crippen molar-refractivity contribution in [3.05, 3.63) is 135 Å². The minimum Gasteiger partial charge on any atom is -0.457 e. The quantitative estimate of drug-likeness (QED) is 0.121. The molecule has 4 aromatic carbocycles. The summed E-state index contributed by atoms with van der Waals surface area (Å²) in [6.45, 7) is 8.18. The molecule has 3 heterocycles. The van der Waals surface area contributed by atoms with Crippen molar-refractivity contribution < 1.29 is 33.4 Å². The average molecular weight is 1040 g/mol. The van der Waals surface area contributed by atoms with Crippen LogP contribution in [0.1, 0.15) is 67.6 Å². The van der Waals surface area contributed by atoms with E-state index in [1.165, 1.54) is 29.8 Å². The monoisotopic (exact) mass is 1030 g/mol. The maximum Gasteiger partial charge on any atom is 0.247 e. The van der Waals surface area contributed by atoms with Crippen molar-refractivity contribution in [3.8, 4) is 22.8 Å². The standard InChI is InChI=1S/C56H68Cl2N8O7/c1-36-25-46(21-22-47(36)49-32-59-51(64(49)6)34-65-23-11-12-24-65)73-50-29-44(58)20-17-41(50)33-66-38(3)54(69)61-48(35-72-7)56(71)63(5)45(27-40-15-18-43(57)19-16-40)30-52(67)60-31-37(2)62(4)55(70)42(28-53(66)68)26-39-13-9-8-10-14-39/h8-10,13-22,25,29,32,37-38,42,45,48H,11-12,23-24,26-28,30-31,33-35H2,1-7H3,(H,60,67)(H,61,69)/t37-,38-,42+,45-,48-/m0/s1. The fourth-order valence-corrected chi connectivity index (χ4v) is 9.87. The van der Waals surface area contributed by atoms with Gasteiger partial charge in [-0.25, -0.2) is 4.98 Å². The number of likely N-dealkylation sites (tertiary alicyclic amines) is 1. The summed E-state index contributed by atoms with van der Waals surface area (Å²) in [4.78, 5) is 84.3. The van der Waals surface area contributed by atoms with E-state index in [-0.39, 0.29) is 50.8 Å². The lowest BCUT2D eigenvalue weighted by Crippen LogP contribution is -2.57. The number of benzene rings is 4. The fraction of sp³-hybridized carbons (Fsp3) is 0.429. The number of halogens is 2. The van der Waals surface area contributed by atoms with Gasteiger partial charge in [-0.15, -0.1) is 0 Å². The maximum atomic E-state index is 15.1. The van der Waals surface area contributed by atoms with E-state index in [2.05, 4.69) is 20.1 Å². The van der Waals surface area contributed by atoms with Gasteiger partial charge in [0.1, 0.15) is 29.4 Å². The highest BCUT2D eigenvalue weighted by atomic mass is 35.5. The van der Waals surface area contributed by atoms with Gasteiger partial charge in [-0.3, -0.25) is 28.9 Å².